The van der Waals surface area contributed by atoms with Crippen LogP contribution in [0.2, 0.25) is 0 Å². The van der Waals surface area contributed by atoms with Crippen LogP contribution in [0.5, 0.6) is 0 Å². The summed E-state index contributed by atoms with van der Waals surface area (Å²) in [7, 11) is 2.17. The molecular formula is C27H27N. The van der Waals surface area contributed by atoms with Crippen molar-refractivity contribution >= 4 is 22.1 Å². The quantitative estimate of drug-likeness (QED) is 0.358. The summed E-state index contributed by atoms with van der Waals surface area (Å²) in [5.74, 6) is 0.442. The van der Waals surface area contributed by atoms with Crippen molar-refractivity contribution in [2.75, 3.05) is 11.9 Å². The number of nitrogens with zero attached hydrogens (tertiary/aromatic N) is 1. The van der Waals surface area contributed by atoms with E-state index < -0.39 is 0 Å². The second-order valence-corrected chi connectivity index (χ2v) is 7.77. The van der Waals surface area contributed by atoms with Crippen molar-refractivity contribution in [1.29, 1.82) is 0 Å². The number of fused-ring (bicyclic) bond motifs is 1. The molecule has 0 amide bonds. The zero-order chi connectivity index (χ0) is 19.7. The number of rotatable bonds is 4. The first-order valence-electron chi connectivity index (χ1n) is 9.98. The predicted octanol–water partition coefficient (Wildman–Crippen LogP) is 7.71. The van der Waals surface area contributed by atoms with E-state index in [1.807, 2.05) is 0 Å². The minimum atomic E-state index is 0.442. The van der Waals surface area contributed by atoms with Crippen molar-refractivity contribution < 1.29 is 0 Å². The molecule has 0 saturated heterocycles. The maximum Gasteiger partial charge on any atom is 0.0491 e. The van der Waals surface area contributed by atoms with Crippen LogP contribution in [0.25, 0.3) is 21.9 Å². The maximum absolute atomic E-state index is 2.31. The molecule has 0 saturated carbocycles. The summed E-state index contributed by atoms with van der Waals surface area (Å²) in [6.45, 7) is 6.79. The maximum atomic E-state index is 2.31. The Labute approximate surface area is 168 Å². The lowest BCUT2D eigenvalue weighted by molar-refractivity contribution is 0.868. The van der Waals surface area contributed by atoms with Crippen molar-refractivity contribution in [1.82, 2.24) is 0 Å². The van der Waals surface area contributed by atoms with Crippen LogP contribution in [0.3, 0.4) is 0 Å². The molecule has 4 rings (SSSR count). The lowest BCUT2D eigenvalue weighted by Crippen LogP contribution is -2.12. The van der Waals surface area contributed by atoms with E-state index in [-0.39, 0.29) is 0 Å². The fourth-order valence-corrected chi connectivity index (χ4v) is 4.09. The average molecular weight is 366 g/mol. The number of benzene rings is 4. The third-order valence-corrected chi connectivity index (χ3v) is 5.59. The van der Waals surface area contributed by atoms with Gasteiger partial charge in [-0.25, -0.2) is 0 Å². The van der Waals surface area contributed by atoms with Gasteiger partial charge in [0.05, 0.1) is 0 Å². The molecule has 1 nitrogen and oxygen atoms in total. The zero-order valence-electron chi connectivity index (χ0n) is 17.1. The molecule has 0 spiro atoms. The molecule has 0 atom stereocenters. The van der Waals surface area contributed by atoms with Crippen molar-refractivity contribution in [2.24, 2.45) is 0 Å². The number of hydrogen-bond acceptors (Lipinski definition) is 1. The Hall–Kier alpha value is -3.06. The number of para-hydroxylation sites is 1. The first-order chi connectivity index (χ1) is 13.6. The van der Waals surface area contributed by atoms with E-state index in [4.69, 9.17) is 0 Å². The van der Waals surface area contributed by atoms with Gasteiger partial charge in [0.2, 0.25) is 0 Å². The standard InChI is InChI=1S/C27H27N/c1-19(2)23-15-10-16-25(28(4)22-12-6-5-7-13-22)27(23)26-20(3)17-18-21-11-8-9-14-24(21)26/h5-19H,1-4H3. The lowest BCUT2D eigenvalue weighted by Gasteiger charge is -2.27. The van der Waals surface area contributed by atoms with Crippen molar-refractivity contribution in [3.05, 3.63) is 96.1 Å². The summed E-state index contributed by atoms with van der Waals surface area (Å²) < 4.78 is 0. The molecule has 4 aromatic carbocycles. The summed E-state index contributed by atoms with van der Waals surface area (Å²) >= 11 is 0. The summed E-state index contributed by atoms with van der Waals surface area (Å²) in [6.07, 6.45) is 0. The molecule has 0 aliphatic rings. The van der Waals surface area contributed by atoms with Crippen molar-refractivity contribution in [2.45, 2.75) is 26.7 Å². The second kappa shape index (κ2) is 7.52. The molecule has 0 bridgehead atoms. The van der Waals surface area contributed by atoms with Gasteiger partial charge in [0, 0.05) is 24.0 Å². The van der Waals surface area contributed by atoms with Crippen molar-refractivity contribution in [3.8, 4) is 11.1 Å². The lowest BCUT2D eigenvalue weighted by atomic mass is 9.86. The Bertz CT molecular complexity index is 1110. The fraction of sp³-hybridized carbons (Fsp3) is 0.185. The third-order valence-electron chi connectivity index (χ3n) is 5.59. The van der Waals surface area contributed by atoms with Crippen LogP contribution in [0.4, 0.5) is 11.4 Å². The highest BCUT2D eigenvalue weighted by atomic mass is 15.1. The van der Waals surface area contributed by atoms with Crippen LogP contribution < -0.4 is 4.90 Å². The smallest absolute Gasteiger partial charge is 0.0491 e. The molecule has 4 aromatic rings. The molecule has 28 heavy (non-hydrogen) atoms. The Balaban J connectivity index is 2.06. The highest BCUT2D eigenvalue weighted by molar-refractivity contribution is 6.02. The van der Waals surface area contributed by atoms with E-state index in [1.165, 1.54) is 44.4 Å². The Morgan fingerprint density at radius 3 is 2.14 bits per heavy atom. The zero-order valence-corrected chi connectivity index (χ0v) is 17.1. The molecular weight excluding hydrogens is 338 g/mol. The van der Waals surface area contributed by atoms with Gasteiger partial charge in [-0.05, 0) is 58.5 Å². The predicted molar refractivity (Wildman–Crippen MR) is 123 cm³/mol. The topological polar surface area (TPSA) is 3.24 Å². The fourth-order valence-electron chi connectivity index (χ4n) is 4.09. The van der Waals surface area contributed by atoms with E-state index >= 15 is 0 Å². The summed E-state index contributed by atoms with van der Waals surface area (Å²) in [5.41, 5.74) is 7.84. The average Bonchev–Trinajstić information content (AvgIpc) is 2.73. The van der Waals surface area contributed by atoms with E-state index in [0.717, 1.165) is 0 Å². The third kappa shape index (κ3) is 3.18. The molecule has 0 unspecified atom stereocenters. The van der Waals surface area contributed by atoms with E-state index in [0.29, 0.717) is 5.92 Å². The van der Waals surface area contributed by atoms with Crippen LogP contribution in [-0.4, -0.2) is 7.05 Å². The summed E-state index contributed by atoms with van der Waals surface area (Å²) in [6, 6.07) is 30.5. The first kappa shape index (κ1) is 18.3. The molecule has 0 aromatic heterocycles. The summed E-state index contributed by atoms with van der Waals surface area (Å²) in [5, 5.41) is 2.60. The SMILES string of the molecule is Cc1ccc2ccccc2c1-c1c(C(C)C)cccc1N(C)c1ccccc1. The van der Waals surface area contributed by atoms with E-state index in [9.17, 15) is 0 Å². The summed E-state index contributed by atoms with van der Waals surface area (Å²) in [4.78, 5) is 2.31. The largest absolute Gasteiger partial charge is 0.344 e. The monoisotopic (exact) mass is 365 g/mol. The van der Waals surface area contributed by atoms with Crippen LogP contribution in [0.15, 0.2) is 84.9 Å². The normalized spacial score (nSPS) is 11.2. The van der Waals surface area contributed by atoms with Crippen LogP contribution >= 0.6 is 0 Å². The van der Waals surface area contributed by atoms with Gasteiger partial charge in [-0.15, -0.1) is 0 Å². The molecule has 0 heterocycles. The molecule has 0 aliphatic heterocycles. The minimum Gasteiger partial charge on any atom is -0.344 e. The minimum absolute atomic E-state index is 0.442. The van der Waals surface area contributed by atoms with Gasteiger partial charge in [-0.2, -0.15) is 0 Å². The Morgan fingerprint density at radius 1 is 0.679 bits per heavy atom. The molecule has 0 N–H and O–H groups in total. The molecule has 0 fully saturated rings. The Morgan fingerprint density at radius 2 is 1.39 bits per heavy atom. The van der Waals surface area contributed by atoms with Gasteiger partial charge in [-0.1, -0.05) is 80.6 Å². The van der Waals surface area contributed by atoms with E-state index in [1.54, 1.807) is 0 Å². The molecule has 140 valence electrons. The molecule has 0 aliphatic carbocycles. The highest BCUT2D eigenvalue weighted by Crippen LogP contribution is 2.43. The van der Waals surface area contributed by atoms with Crippen LogP contribution in [-0.2, 0) is 0 Å². The van der Waals surface area contributed by atoms with Gasteiger partial charge in [0.15, 0.2) is 0 Å². The van der Waals surface area contributed by atoms with Gasteiger partial charge >= 0.3 is 0 Å². The van der Waals surface area contributed by atoms with Crippen LogP contribution in [0, 0.1) is 6.92 Å². The van der Waals surface area contributed by atoms with Crippen LogP contribution in [0.1, 0.15) is 30.9 Å². The number of aryl methyl sites for hydroxylation is 1. The second-order valence-electron chi connectivity index (χ2n) is 7.77. The number of hydrogen-bond donors (Lipinski definition) is 0. The molecule has 0 radical (unpaired) electrons. The van der Waals surface area contributed by atoms with Gasteiger partial charge in [0.25, 0.3) is 0 Å². The first-order valence-corrected chi connectivity index (χ1v) is 9.98. The number of anilines is 2. The molecule has 1 heteroatoms. The highest BCUT2D eigenvalue weighted by Gasteiger charge is 2.20. The van der Waals surface area contributed by atoms with Crippen molar-refractivity contribution in [3.63, 3.8) is 0 Å². The van der Waals surface area contributed by atoms with E-state index in [2.05, 4.69) is 118 Å². The van der Waals surface area contributed by atoms with Gasteiger partial charge < -0.3 is 4.90 Å². The Kier molecular flexibility index (Phi) is 4.92. The van der Waals surface area contributed by atoms with Gasteiger partial charge in [0.1, 0.15) is 0 Å². The van der Waals surface area contributed by atoms with Gasteiger partial charge in [-0.3, -0.25) is 0 Å².